The van der Waals surface area contributed by atoms with Gasteiger partial charge in [-0.05, 0) is 32.4 Å². The maximum absolute atomic E-state index is 14.3. The molecule has 10 heteroatoms. The minimum absolute atomic E-state index is 0.0469. The number of hydrogen-bond donors (Lipinski definition) is 0. The van der Waals surface area contributed by atoms with Crippen molar-refractivity contribution in [3.05, 3.63) is 46.0 Å². The van der Waals surface area contributed by atoms with Crippen LogP contribution in [0.2, 0.25) is 0 Å². The maximum atomic E-state index is 14.3. The topological polar surface area (TPSA) is 111 Å². The van der Waals surface area contributed by atoms with Gasteiger partial charge in [-0.15, -0.1) is 0 Å². The van der Waals surface area contributed by atoms with Crippen LogP contribution in [0.15, 0.2) is 27.8 Å². The van der Waals surface area contributed by atoms with Crippen LogP contribution in [0, 0.1) is 17.1 Å². The van der Waals surface area contributed by atoms with Crippen molar-refractivity contribution in [3.8, 4) is 17.7 Å². The zero-order chi connectivity index (χ0) is 21.0. The van der Waals surface area contributed by atoms with Crippen molar-refractivity contribution >= 4 is 16.6 Å². The molecule has 0 radical (unpaired) electrons. The third-order valence-electron chi connectivity index (χ3n) is 5.36. The molecule has 152 valence electrons. The fourth-order valence-electron chi connectivity index (χ4n) is 3.94. The molecule has 1 atom stereocenters. The van der Waals surface area contributed by atoms with Gasteiger partial charge in [0, 0.05) is 18.6 Å². The van der Waals surface area contributed by atoms with E-state index in [0.29, 0.717) is 24.6 Å². The van der Waals surface area contributed by atoms with Crippen LogP contribution in [-0.4, -0.2) is 37.3 Å². The normalized spacial score (nSPS) is 16.7. The molecule has 3 aromatic heterocycles. The van der Waals surface area contributed by atoms with Crippen molar-refractivity contribution in [1.82, 2.24) is 24.1 Å². The lowest BCUT2D eigenvalue weighted by Gasteiger charge is -2.16. The predicted octanol–water partition coefficient (Wildman–Crippen LogP) is 2.79. The van der Waals surface area contributed by atoms with E-state index < -0.39 is 11.4 Å². The summed E-state index contributed by atoms with van der Waals surface area (Å²) in [5.74, 6) is 0.0146. The Labute approximate surface area is 169 Å². The summed E-state index contributed by atoms with van der Waals surface area (Å²) >= 11 is 0. The minimum Gasteiger partial charge on any atom is -0.381 e. The molecule has 1 unspecified atom stereocenters. The zero-order valence-corrected chi connectivity index (χ0v) is 16.3. The summed E-state index contributed by atoms with van der Waals surface area (Å²) in [7, 11) is 0. The van der Waals surface area contributed by atoms with Crippen LogP contribution in [0.25, 0.3) is 28.1 Å². The number of nitriles is 1. The summed E-state index contributed by atoms with van der Waals surface area (Å²) in [5.41, 5.74) is 0.580. The molecule has 5 rings (SSSR count). The highest BCUT2D eigenvalue weighted by atomic mass is 19.1. The van der Waals surface area contributed by atoms with Crippen molar-refractivity contribution in [2.75, 3.05) is 13.2 Å². The molecule has 1 aliphatic rings. The van der Waals surface area contributed by atoms with Crippen molar-refractivity contribution in [2.45, 2.75) is 32.2 Å². The molecule has 0 spiro atoms. The molecule has 1 saturated heterocycles. The Morgan fingerprint density at radius 3 is 2.87 bits per heavy atom. The van der Waals surface area contributed by atoms with E-state index >= 15 is 0 Å². The van der Waals surface area contributed by atoms with E-state index in [4.69, 9.17) is 9.26 Å². The van der Waals surface area contributed by atoms with E-state index in [1.807, 2.05) is 6.07 Å². The van der Waals surface area contributed by atoms with Crippen LogP contribution < -0.4 is 5.56 Å². The summed E-state index contributed by atoms with van der Waals surface area (Å²) in [6.07, 6.45) is 2.25. The van der Waals surface area contributed by atoms with E-state index in [-0.39, 0.29) is 40.1 Å². The first-order chi connectivity index (χ1) is 14.5. The Balaban J connectivity index is 1.82. The Bertz CT molecular complexity index is 1390. The lowest BCUT2D eigenvalue weighted by molar-refractivity contribution is 0.192. The van der Waals surface area contributed by atoms with Gasteiger partial charge in [0.2, 0.25) is 0 Å². The van der Waals surface area contributed by atoms with Crippen molar-refractivity contribution in [1.29, 1.82) is 5.26 Å². The van der Waals surface area contributed by atoms with Crippen LogP contribution in [0.4, 0.5) is 4.39 Å². The van der Waals surface area contributed by atoms with Gasteiger partial charge in [-0.2, -0.15) is 10.2 Å². The smallest absolute Gasteiger partial charge is 0.278 e. The van der Waals surface area contributed by atoms with E-state index in [9.17, 15) is 14.4 Å². The van der Waals surface area contributed by atoms with Crippen LogP contribution in [0.5, 0.6) is 0 Å². The Morgan fingerprint density at radius 1 is 1.33 bits per heavy atom. The van der Waals surface area contributed by atoms with Gasteiger partial charge in [-0.3, -0.25) is 9.20 Å². The molecule has 1 aromatic carbocycles. The fourth-order valence-corrected chi connectivity index (χ4v) is 3.94. The number of halogens is 1. The number of hydrogen-bond acceptors (Lipinski definition) is 7. The zero-order valence-electron chi connectivity index (χ0n) is 16.3. The summed E-state index contributed by atoms with van der Waals surface area (Å²) in [6, 6.07) is 4.29. The molecule has 30 heavy (non-hydrogen) atoms. The summed E-state index contributed by atoms with van der Waals surface area (Å²) < 4.78 is 28.0. The standard InChI is InChI=1S/C20H17FN6O3/c1-10(2)27-16-12(7-22)13(21)3-4-14(16)26-9-23-15(17(26)20(27)28)19-24-18(25-30-19)11-5-6-29-8-11/h3-4,9-11H,5-6,8H2,1-2H3. The maximum Gasteiger partial charge on any atom is 0.278 e. The lowest BCUT2D eigenvalue weighted by atomic mass is 10.1. The average molecular weight is 408 g/mol. The van der Waals surface area contributed by atoms with Gasteiger partial charge in [0.25, 0.3) is 11.4 Å². The quantitative estimate of drug-likeness (QED) is 0.512. The Hall–Kier alpha value is -3.58. The molecule has 0 saturated carbocycles. The Kier molecular flexibility index (Phi) is 4.15. The van der Waals surface area contributed by atoms with Gasteiger partial charge in [-0.1, -0.05) is 5.16 Å². The Morgan fingerprint density at radius 2 is 2.17 bits per heavy atom. The van der Waals surface area contributed by atoms with Gasteiger partial charge in [0.1, 0.15) is 29.3 Å². The molecule has 0 aliphatic carbocycles. The molecule has 4 aromatic rings. The van der Waals surface area contributed by atoms with Gasteiger partial charge < -0.3 is 13.8 Å². The summed E-state index contributed by atoms with van der Waals surface area (Å²) in [4.78, 5) is 22.2. The highest BCUT2D eigenvalue weighted by molar-refractivity contribution is 5.87. The highest BCUT2D eigenvalue weighted by Gasteiger charge is 2.27. The van der Waals surface area contributed by atoms with Gasteiger partial charge in [-0.25, -0.2) is 9.37 Å². The molecule has 4 heterocycles. The third-order valence-corrected chi connectivity index (χ3v) is 5.36. The number of ether oxygens (including phenoxy) is 1. The molecule has 0 N–H and O–H groups in total. The van der Waals surface area contributed by atoms with E-state index in [1.165, 1.54) is 27.4 Å². The molecular weight excluding hydrogens is 391 g/mol. The molecular formula is C20H17FN6O3. The van der Waals surface area contributed by atoms with Crippen LogP contribution >= 0.6 is 0 Å². The van der Waals surface area contributed by atoms with Crippen molar-refractivity contribution in [3.63, 3.8) is 0 Å². The highest BCUT2D eigenvalue weighted by Crippen LogP contribution is 2.29. The van der Waals surface area contributed by atoms with Crippen molar-refractivity contribution < 1.29 is 13.7 Å². The second-order valence-corrected chi connectivity index (χ2v) is 7.50. The molecule has 0 amide bonds. The van der Waals surface area contributed by atoms with Gasteiger partial charge >= 0.3 is 0 Å². The molecule has 1 aliphatic heterocycles. The molecule has 9 nitrogen and oxygen atoms in total. The summed E-state index contributed by atoms with van der Waals surface area (Å²) in [6.45, 7) is 4.76. The minimum atomic E-state index is -0.682. The third kappa shape index (κ3) is 2.55. The SMILES string of the molecule is CC(C)n1c(=O)c2c(-c3nc(C4CCOC4)no3)ncn2c2ccc(F)c(C#N)c21. The molecule has 1 fully saturated rings. The number of rotatable bonds is 3. The first-order valence-corrected chi connectivity index (χ1v) is 9.56. The van der Waals surface area contributed by atoms with Gasteiger partial charge in [0.05, 0.1) is 17.6 Å². The van der Waals surface area contributed by atoms with Crippen LogP contribution in [0.1, 0.15) is 43.6 Å². The number of aromatic nitrogens is 5. The predicted molar refractivity (Wildman–Crippen MR) is 103 cm³/mol. The number of imidazole rings is 1. The van der Waals surface area contributed by atoms with Gasteiger partial charge in [0.15, 0.2) is 11.5 Å². The van der Waals surface area contributed by atoms with Crippen LogP contribution in [-0.2, 0) is 4.74 Å². The van der Waals surface area contributed by atoms with Crippen LogP contribution in [0.3, 0.4) is 0 Å². The molecule has 0 bridgehead atoms. The average Bonchev–Trinajstić information content (AvgIpc) is 3.46. The number of nitrogens with zero attached hydrogens (tertiary/aromatic N) is 6. The largest absolute Gasteiger partial charge is 0.381 e. The monoisotopic (exact) mass is 408 g/mol. The lowest BCUT2D eigenvalue weighted by Crippen LogP contribution is -2.25. The first-order valence-electron chi connectivity index (χ1n) is 9.56. The first kappa shape index (κ1) is 18.4. The fraction of sp³-hybridized carbons (Fsp3) is 0.350. The number of fused-ring (bicyclic) bond motifs is 3. The van der Waals surface area contributed by atoms with E-state index in [0.717, 1.165) is 6.42 Å². The number of benzene rings is 1. The summed E-state index contributed by atoms with van der Waals surface area (Å²) in [5, 5.41) is 13.5. The van der Waals surface area contributed by atoms with Crippen molar-refractivity contribution in [2.24, 2.45) is 0 Å². The van der Waals surface area contributed by atoms with E-state index in [1.54, 1.807) is 13.8 Å². The second kappa shape index (κ2) is 6.74. The van der Waals surface area contributed by atoms with E-state index in [2.05, 4.69) is 15.1 Å². The second-order valence-electron chi connectivity index (χ2n) is 7.50.